The number of hydrogen-bond donors (Lipinski definition) is 0. The number of rotatable bonds is 10. The molecule has 0 fully saturated rings. The van der Waals surface area contributed by atoms with Gasteiger partial charge in [-0.2, -0.15) is 0 Å². The predicted octanol–water partition coefficient (Wildman–Crippen LogP) is 21.4. The first-order chi connectivity index (χ1) is 47.2. The van der Waals surface area contributed by atoms with E-state index in [1.54, 1.807) is 0 Å². The van der Waals surface area contributed by atoms with Gasteiger partial charge in [0, 0.05) is 72.1 Å². The topological polar surface area (TPSA) is 29.2 Å². The van der Waals surface area contributed by atoms with Gasteiger partial charge < -0.3 is 18.9 Å². The fourth-order valence-electron chi connectivity index (χ4n) is 15.6. The second-order valence-corrected chi connectivity index (χ2v) is 24.9. The number of fused-ring (bicyclic) bond motifs is 10. The summed E-state index contributed by atoms with van der Waals surface area (Å²) in [5, 5.41) is 4.84. The second-order valence-electron chi connectivity index (χ2n) is 24.9. The minimum atomic E-state index is -0.359. The average molecular weight is 1210 g/mol. The van der Waals surface area contributed by atoms with E-state index in [0.29, 0.717) is 0 Å². The van der Waals surface area contributed by atoms with Gasteiger partial charge in [-0.15, -0.1) is 0 Å². The summed E-state index contributed by atoms with van der Waals surface area (Å²) in [6.45, 7) is -0.359. The van der Waals surface area contributed by atoms with Gasteiger partial charge in [0.05, 0.1) is 56.2 Å². The van der Waals surface area contributed by atoms with Crippen molar-refractivity contribution in [3.63, 3.8) is 0 Å². The van der Waals surface area contributed by atoms with E-state index in [0.717, 1.165) is 135 Å². The molecule has 5 nitrogen and oxygen atoms in total. The Hall–Kier alpha value is -12.5. The van der Waals surface area contributed by atoms with Gasteiger partial charge in [0.1, 0.15) is 0 Å². The Morgan fingerprint density at radius 1 is 0.232 bits per heavy atom. The van der Waals surface area contributed by atoms with Gasteiger partial charge in [-0.25, -0.2) is 4.98 Å². The van der Waals surface area contributed by atoms with Gasteiger partial charge in [-0.05, 0) is 123 Å². The van der Waals surface area contributed by atoms with Crippen LogP contribution in [0.2, 0.25) is 0 Å². The third-order valence-electron chi connectivity index (χ3n) is 19.6. The highest BCUT2D eigenvalue weighted by Gasteiger charge is 2.47. The number of benzene rings is 14. The molecule has 2 aliphatic rings. The molecule has 0 amide bonds. The Morgan fingerprint density at radius 2 is 0.558 bits per heavy atom. The molecule has 17 aromatic rings. The van der Waals surface area contributed by atoms with Crippen LogP contribution in [0.5, 0.6) is 0 Å². The van der Waals surface area contributed by atoms with E-state index in [4.69, 9.17) is 4.98 Å². The van der Waals surface area contributed by atoms with Gasteiger partial charge in [-0.3, -0.25) is 0 Å². The van der Waals surface area contributed by atoms with Crippen LogP contribution in [0.25, 0.3) is 122 Å². The minimum Gasteiger partial charge on any atom is -0.311 e. The van der Waals surface area contributed by atoms with Crippen LogP contribution >= 0.6 is 0 Å². The average Bonchev–Trinajstić information content (AvgIpc) is 0.955. The zero-order valence-electron chi connectivity index (χ0n) is 51.8. The van der Waals surface area contributed by atoms with Gasteiger partial charge in [0.2, 0.25) is 0 Å². The van der Waals surface area contributed by atoms with Crippen LogP contribution in [0.1, 0.15) is 0 Å². The highest BCUT2D eigenvalue weighted by atomic mass is 15.2. The maximum atomic E-state index is 5.92. The monoisotopic (exact) mass is 1210 g/mol. The maximum Gasteiger partial charge on any atom is 0.252 e. The van der Waals surface area contributed by atoms with Crippen molar-refractivity contribution in [3.8, 4) is 78.4 Å². The number of para-hydroxylation sites is 6. The van der Waals surface area contributed by atoms with Gasteiger partial charge in [0.25, 0.3) is 6.71 Å². The van der Waals surface area contributed by atoms with E-state index in [1.165, 1.54) is 37.9 Å². The molecule has 14 aromatic carbocycles. The van der Waals surface area contributed by atoms with Crippen molar-refractivity contribution in [1.82, 2.24) is 14.1 Å². The second kappa shape index (κ2) is 22.1. The highest BCUT2D eigenvalue weighted by Crippen LogP contribution is 2.54. The Morgan fingerprint density at radius 3 is 0.968 bits per heavy atom. The number of aromatic nitrogens is 3. The molecule has 442 valence electrons. The summed E-state index contributed by atoms with van der Waals surface area (Å²) in [4.78, 5) is 11.1. The molecule has 0 saturated heterocycles. The highest BCUT2D eigenvalue weighted by molar-refractivity contribution is 7.00. The van der Waals surface area contributed by atoms with Crippen molar-refractivity contribution < 1.29 is 0 Å². The molecule has 0 bridgehead atoms. The van der Waals surface area contributed by atoms with Gasteiger partial charge >= 0.3 is 0 Å². The van der Waals surface area contributed by atoms with Crippen molar-refractivity contribution in [1.29, 1.82) is 0 Å². The predicted molar refractivity (Wildman–Crippen MR) is 400 cm³/mol. The lowest BCUT2D eigenvalue weighted by Gasteiger charge is -2.46. The number of nitrogens with zero attached hydrogens (tertiary/aromatic N) is 5. The Balaban J connectivity index is 1.03. The third kappa shape index (κ3) is 8.69. The molecule has 5 heterocycles. The molecule has 19 rings (SSSR count). The quantitative estimate of drug-likeness (QED) is 0.128. The molecule has 0 atom stereocenters. The van der Waals surface area contributed by atoms with E-state index in [-0.39, 0.29) is 6.71 Å². The van der Waals surface area contributed by atoms with E-state index >= 15 is 0 Å². The van der Waals surface area contributed by atoms with Crippen molar-refractivity contribution in [2.75, 3.05) is 9.80 Å². The molecule has 0 unspecified atom stereocenters. The Kier molecular flexibility index (Phi) is 12.6. The molecule has 6 heteroatoms. The van der Waals surface area contributed by atoms with Crippen molar-refractivity contribution >= 4 is 101 Å². The molecular formula is C89H58BN5. The summed E-state index contributed by atoms with van der Waals surface area (Å²) >= 11 is 0. The fraction of sp³-hybridized carbons (Fsp3) is 0. The third-order valence-corrected chi connectivity index (χ3v) is 19.6. The summed E-state index contributed by atoms with van der Waals surface area (Å²) in [6.07, 6.45) is 0. The SMILES string of the molecule is c1ccc(-c2cc(-c3ccccc3)nc(-c3cc(-c4ccccc4)c4c5c3N(c3ccccc3)c3cc(-n6c7ccccc7c7ccccc76)c(-c6ccccc6)cc3B5c3cc(-c5ccccc5)c(-n5c6ccccc6c6ccccc65)cc3N4c3ccccc3)c2)cc1. The lowest BCUT2D eigenvalue weighted by Crippen LogP contribution is -2.62. The van der Waals surface area contributed by atoms with Crippen LogP contribution in [0.3, 0.4) is 0 Å². The summed E-state index contributed by atoms with van der Waals surface area (Å²) in [6, 6.07) is 130. The summed E-state index contributed by atoms with van der Waals surface area (Å²) in [5.74, 6) is 0. The summed E-state index contributed by atoms with van der Waals surface area (Å²) in [5.41, 5.74) is 29.6. The molecule has 0 aliphatic carbocycles. The molecule has 95 heavy (non-hydrogen) atoms. The molecular weight excluding hydrogens is 1150 g/mol. The zero-order valence-corrected chi connectivity index (χ0v) is 51.8. The number of pyridine rings is 1. The lowest BCUT2D eigenvalue weighted by atomic mass is 9.32. The van der Waals surface area contributed by atoms with E-state index in [2.05, 4.69) is 371 Å². The summed E-state index contributed by atoms with van der Waals surface area (Å²) in [7, 11) is 0. The fourth-order valence-corrected chi connectivity index (χ4v) is 15.6. The van der Waals surface area contributed by atoms with Crippen LogP contribution < -0.4 is 26.2 Å². The van der Waals surface area contributed by atoms with Gasteiger partial charge in [-0.1, -0.05) is 273 Å². The van der Waals surface area contributed by atoms with Crippen LogP contribution in [0, 0.1) is 0 Å². The molecule has 0 N–H and O–H groups in total. The molecule has 0 radical (unpaired) electrons. The summed E-state index contributed by atoms with van der Waals surface area (Å²) < 4.78 is 5.04. The Labute approximate surface area is 551 Å². The van der Waals surface area contributed by atoms with Crippen molar-refractivity contribution in [2.24, 2.45) is 0 Å². The zero-order chi connectivity index (χ0) is 62.5. The lowest BCUT2D eigenvalue weighted by molar-refractivity contribution is 1.17. The van der Waals surface area contributed by atoms with Gasteiger partial charge in [0.15, 0.2) is 0 Å². The smallest absolute Gasteiger partial charge is 0.252 e. The van der Waals surface area contributed by atoms with E-state index < -0.39 is 0 Å². The van der Waals surface area contributed by atoms with Crippen molar-refractivity contribution in [3.05, 3.63) is 352 Å². The molecule has 0 spiro atoms. The molecule has 3 aromatic heterocycles. The maximum absolute atomic E-state index is 5.92. The van der Waals surface area contributed by atoms with Crippen LogP contribution in [-0.2, 0) is 0 Å². The van der Waals surface area contributed by atoms with E-state index in [9.17, 15) is 0 Å². The molecule has 0 saturated carbocycles. The Bertz CT molecular complexity index is 5620. The standard InChI is InChI=1S/C89H58BN5/c1-8-30-59(31-9-1)64-52-77(63-38-16-5-17-39-63)91-78(53-64)74-54-73(62-36-14-4-15-37-62)88-87-89(74)93(66-42-20-7-21-43-66)86-58-84(95-81-50-28-24-46-69(81)70-47-25-29-51-82(70)95)72(61-34-12-3-13-35-61)56-76(86)90(87)75-55-71(60-32-10-2-11-33-60)83(57-85(75)92(88)65-40-18-6-19-41-65)94-79-48-26-22-44-67(79)68-45-23-27-49-80(68)94/h1-58H. The van der Waals surface area contributed by atoms with Crippen LogP contribution in [0.15, 0.2) is 352 Å². The molecule has 2 aliphatic heterocycles. The first-order valence-corrected chi connectivity index (χ1v) is 32.7. The van der Waals surface area contributed by atoms with E-state index in [1.807, 2.05) is 0 Å². The normalized spacial score (nSPS) is 12.4. The number of anilines is 6. The number of hydrogen-bond acceptors (Lipinski definition) is 3. The van der Waals surface area contributed by atoms with Crippen LogP contribution in [0.4, 0.5) is 34.1 Å². The first-order valence-electron chi connectivity index (χ1n) is 32.7. The first kappa shape index (κ1) is 54.3. The minimum absolute atomic E-state index is 0.359. The largest absolute Gasteiger partial charge is 0.311 e. The van der Waals surface area contributed by atoms with Crippen molar-refractivity contribution in [2.45, 2.75) is 0 Å². The van der Waals surface area contributed by atoms with Crippen LogP contribution in [-0.4, -0.2) is 20.8 Å².